The molecule has 0 saturated carbocycles. The van der Waals surface area contributed by atoms with E-state index in [1.54, 1.807) is 0 Å². The molecule has 0 bridgehead atoms. The molecule has 3 aliphatic rings. The second kappa shape index (κ2) is 7.45. The van der Waals surface area contributed by atoms with Gasteiger partial charge in [-0.1, -0.05) is 12.1 Å². The molecule has 1 aromatic rings. The molecule has 3 aliphatic heterocycles. The first-order valence-electron chi connectivity index (χ1n) is 9.67. The highest BCUT2D eigenvalue weighted by molar-refractivity contribution is 5.82. The van der Waals surface area contributed by atoms with Crippen molar-refractivity contribution < 1.29 is 19.0 Å². The molecule has 0 radical (unpaired) electrons. The number of benzene rings is 1. The molecule has 0 spiro atoms. The Labute approximate surface area is 155 Å². The molecule has 4 rings (SSSR count). The van der Waals surface area contributed by atoms with E-state index in [-0.39, 0.29) is 30.8 Å². The van der Waals surface area contributed by atoms with Crippen LogP contribution in [0.2, 0.25) is 0 Å². The Balaban J connectivity index is 1.39. The van der Waals surface area contributed by atoms with Gasteiger partial charge >= 0.3 is 0 Å². The predicted octanol–water partition coefficient (Wildman–Crippen LogP) is 1.93. The number of ether oxygens (including phenoxy) is 3. The normalized spacial score (nSPS) is 31.8. The Morgan fingerprint density at radius 2 is 1.88 bits per heavy atom. The van der Waals surface area contributed by atoms with Gasteiger partial charge in [-0.2, -0.15) is 0 Å². The lowest BCUT2D eigenvalue weighted by atomic mass is 10.1. The second-order valence-electron chi connectivity index (χ2n) is 7.67. The number of likely N-dealkylation sites (tertiary alicyclic amines) is 1. The van der Waals surface area contributed by atoms with Gasteiger partial charge in [0.15, 0.2) is 11.5 Å². The van der Waals surface area contributed by atoms with Crippen LogP contribution in [0, 0.1) is 0 Å². The number of carbonyl (C=O) groups is 1. The molecular formula is C20H28N2O4. The van der Waals surface area contributed by atoms with E-state index in [1.807, 2.05) is 29.2 Å². The summed E-state index contributed by atoms with van der Waals surface area (Å²) in [5.41, 5.74) is 0. The molecule has 2 saturated heterocycles. The van der Waals surface area contributed by atoms with Crippen LogP contribution in [0.5, 0.6) is 11.5 Å². The third kappa shape index (κ3) is 3.67. The number of rotatable bonds is 3. The molecule has 6 nitrogen and oxygen atoms in total. The first kappa shape index (κ1) is 17.6. The number of nitrogens with zero attached hydrogens (tertiary/aromatic N) is 2. The Morgan fingerprint density at radius 3 is 2.65 bits per heavy atom. The van der Waals surface area contributed by atoms with Crippen molar-refractivity contribution in [3.8, 4) is 11.5 Å². The summed E-state index contributed by atoms with van der Waals surface area (Å²) in [4.78, 5) is 17.5. The molecule has 26 heavy (non-hydrogen) atoms. The van der Waals surface area contributed by atoms with Gasteiger partial charge in [0.1, 0.15) is 6.61 Å². The van der Waals surface area contributed by atoms with Crippen LogP contribution in [0.4, 0.5) is 0 Å². The highest BCUT2D eigenvalue weighted by atomic mass is 16.6. The van der Waals surface area contributed by atoms with Crippen LogP contribution in [0.15, 0.2) is 24.3 Å². The topological polar surface area (TPSA) is 51.2 Å². The number of hydrogen-bond donors (Lipinski definition) is 0. The van der Waals surface area contributed by atoms with Crippen molar-refractivity contribution in [3.63, 3.8) is 0 Å². The van der Waals surface area contributed by atoms with E-state index in [0.29, 0.717) is 11.5 Å². The molecule has 142 valence electrons. The maximum absolute atomic E-state index is 13.1. The van der Waals surface area contributed by atoms with Gasteiger partial charge in [0.05, 0.1) is 12.2 Å². The minimum atomic E-state index is -0.548. The Hall–Kier alpha value is -1.79. The zero-order chi connectivity index (χ0) is 18.1. The summed E-state index contributed by atoms with van der Waals surface area (Å²) in [6.07, 6.45) is 2.05. The lowest BCUT2D eigenvalue weighted by Gasteiger charge is -2.39. The fourth-order valence-corrected chi connectivity index (χ4v) is 4.37. The Bertz CT molecular complexity index is 642. The van der Waals surface area contributed by atoms with Gasteiger partial charge in [-0.05, 0) is 38.8 Å². The molecule has 0 aliphatic carbocycles. The number of hydrogen-bond acceptors (Lipinski definition) is 5. The van der Waals surface area contributed by atoms with E-state index in [1.165, 1.54) is 0 Å². The number of carbonyl (C=O) groups excluding carboxylic acids is 1. The lowest BCUT2D eigenvalue weighted by molar-refractivity contribution is -0.143. The van der Waals surface area contributed by atoms with E-state index in [0.717, 1.165) is 39.0 Å². The van der Waals surface area contributed by atoms with Gasteiger partial charge < -0.3 is 19.1 Å². The van der Waals surface area contributed by atoms with Gasteiger partial charge in [0.25, 0.3) is 5.91 Å². The van der Waals surface area contributed by atoms with Gasteiger partial charge in [0, 0.05) is 32.2 Å². The Kier molecular flexibility index (Phi) is 5.05. The number of morpholine rings is 1. The number of para-hydroxylation sites is 2. The SMILES string of the molecule is CC1CN(CC2CCCN2C(=O)C2COc3ccccc3O2)CC(C)O1. The van der Waals surface area contributed by atoms with Gasteiger partial charge in [-0.25, -0.2) is 0 Å². The molecule has 1 aromatic carbocycles. The molecule has 3 heterocycles. The van der Waals surface area contributed by atoms with Crippen molar-refractivity contribution in [3.05, 3.63) is 24.3 Å². The van der Waals surface area contributed by atoms with Gasteiger partial charge in [-0.15, -0.1) is 0 Å². The summed E-state index contributed by atoms with van der Waals surface area (Å²) in [5, 5.41) is 0. The molecule has 4 atom stereocenters. The summed E-state index contributed by atoms with van der Waals surface area (Å²) in [5.74, 6) is 1.42. The molecule has 0 N–H and O–H groups in total. The minimum Gasteiger partial charge on any atom is -0.485 e. The highest BCUT2D eigenvalue weighted by Gasteiger charge is 2.38. The van der Waals surface area contributed by atoms with Crippen LogP contribution in [0.3, 0.4) is 0 Å². The summed E-state index contributed by atoms with van der Waals surface area (Å²) < 4.78 is 17.5. The van der Waals surface area contributed by atoms with Crippen LogP contribution in [-0.2, 0) is 9.53 Å². The first-order valence-corrected chi connectivity index (χ1v) is 9.67. The molecule has 6 heteroatoms. The average molecular weight is 360 g/mol. The standard InChI is InChI=1S/C20H28N2O4/c1-14-10-21(11-15(2)25-14)12-16-6-5-9-22(16)20(23)19-13-24-17-7-3-4-8-18(17)26-19/h3-4,7-8,14-16,19H,5-6,9-13H2,1-2H3. The quantitative estimate of drug-likeness (QED) is 0.824. The summed E-state index contributed by atoms with van der Waals surface area (Å²) in [6.45, 7) is 8.09. The van der Waals surface area contributed by atoms with Crippen molar-refractivity contribution in [2.45, 2.75) is 51.0 Å². The van der Waals surface area contributed by atoms with Gasteiger partial charge in [-0.3, -0.25) is 9.69 Å². The minimum absolute atomic E-state index is 0.0522. The molecular weight excluding hydrogens is 332 g/mol. The zero-order valence-corrected chi connectivity index (χ0v) is 15.6. The highest BCUT2D eigenvalue weighted by Crippen LogP contribution is 2.32. The summed E-state index contributed by atoms with van der Waals surface area (Å²) in [6, 6.07) is 7.78. The van der Waals surface area contributed by atoms with Crippen molar-refractivity contribution in [2.75, 3.05) is 32.8 Å². The van der Waals surface area contributed by atoms with E-state index < -0.39 is 6.10 Å². The van der Waals surface area contributed by atoms with Crippen LogP contribution in [0.25, 0.3) is 0 Å². The molecule has 4 unspecified atom stereocenters. The van der Waals surface area contributed by atoms with Gasteiger partial charge in [0.2, 0.25) is 6.10 Å². The van der Waals surface area contributed by atoms with Crippen LogP contribution >= 0.6 is 0 Å². The largest absolute Gasteiger partial charge is 0.485 e. The van der Waals surface area contributed by atoms with E-state index in [2.05, 4.69) is 18.7 Å². The van der Waals surface area contributed by atoms with E-state index >= 15 is 0 Å². The Morgan fingerprint density at radius 1 is 1.15 bits per heavy atom. The van der Waals surface area contributed by atoms with Crippen LogP contribution in [0.1, 0.15) is 26.7 Å². The van der Waals surface area contributed by atoms with Crippen LogP contribution in [-0.4, -0.2) is 72.8 Å². The van der Waals surface area contributed by atoms with E-state index in [9.17, 15) is 4.79 Å². The summed E-state index contributed by atoms with van der Waals surface area (Å²) >= 11 is 0. The smallest absolute Gasteiger partial charge is 0.267 e. The van der Waals surface area contributed by atoms with Crippen molar-refractivity contribution in [2.24, 2.45) is 0 Å². The second-order valence-corrected chi connectivity index (χ2v) is 7.67. The summed E-state index contributed by atoms with van der Waals surface area (Å²) in [7, 11) is 0. The third-order valence-corrected chi connectivity index (χ3v) is 5.41. The van der Waals surface area contributed by atoms with Crippen molar-refractivity contribution >= 4 is 5.91 Å². The third-order valence-electron chi connectivity index (χ3n) is 5.41. The van der Waals surface area contributed by atoms with Crippen molar-refractivity contribution in [1.29, 1.82) is 0 Å². The fraction of sp³-hybridized carbons (Fsp3) is 0.650. The lowest BCUT2D eigenvalue weighted by Crippen LogP contribution is -2.53. The van der Waals surface area contributed by atoms with Crippen molar-refractivity contribution in [1.82, 2.24) is 9.80 Å². The zero-order valence-electron chi connectivity index (χ0n) is 15.6. The fourth-order valence-electron chi connectivity index (χ4n) is 4.37. The predicted molar refractivity (Wildman–Crippen MR) is 97.5 cm³/mol. The van der Waals surface area contributed by atoms with E-state index in [4.69, 9.17) is 14.2 Å². The monoisotopic (exact) mass is 360 g/mol. The number of fused-ring (bicyclic) bond motifs is 1. The van der Waals surface area contributed by atoms with Crippen LogP contribution < -0.4 is 9.47 Å². The molecule has 2 fully saturated rings. The average Bonchev–Trinajstić information content (AvgIpc) is 3.08. The maximum atomic E-state index is 13.1. The molecule has 1 amide bonds. The first-order chi connectivity index (χ1) is 12.6. The molecule has 0 aromatic heterocycles. The number of amides is 1. The maximum Gasteiger partial charge on any atom is 0.267 e.